The Bertz CT molecular complexity index is 674. The van der Waals surface area contributed by atoms with E-state index in [9.17, 15) is 4.79 Å². The largest absolute Gasteiger partial charge is 0.458 e. The number of aromatic nitrogens is 3. The highest BCUT2D eigenvalue weighted by molar-refractivity contribution is 7.09. The molecule has 1 aliphatic heterocycles. The molecular weight excluding hydrogens is 324 g/mol. The zero-order valence-electron chi connectivity index (χ0n) is 14.0. The molecule has 0 unspecified atom stereocenters. The van der Waals surface area contributed by atoms with E-state index < -0.39 is 0 Å². The SMILES string of the molecule is CC(C)c1nc(COC(=O)[C@H]2CCCCN2c2ncccn2)cs1. The smallest absolute Gasteiger partial charge is 0.329 e. The van der Waals surface area contributed by atoms with Crippen molar-refractivity contribution < 1.29 is 9.53 Å². The first kappa shape index (κ1) is 16.8. The molecule has 3 heterocycles. The zero-order valence-corrected chi connectivity index (χ0v) is 14.8. The molecule has 0 radical (unpaired) electrons. The molecule has 0 saturated carbocycles. The average molecular weight is 346 g/mol. The van der Waals surface area contributed by atoms with Crippen LogP contribution in [0.15, 0.2) is 23.8 Å². The van der Waals surface area contributed by atoms with Gasteiger partial charge < -0.3 is 9.64 Å². The van der Waals surface area contributed by atoms with Gasteiger partial charge in [0.25, 0.3) is 0 Å². The standard InChI is InChI=1S/C17H22N4O2S/c1-12(2)15-20-13(11-24-15)10-23-16(22)14-6-3-4-9-21(14)17-18-7-5-8-19-17/h5,7-8,11-12,14H,3-4,6,9-10H2,1-2H3/t14-/m1/s1. The summed E-state index contributed by atoms with van der Waals surface area (Å²) in [6.45, 7) is 5.21. The number of thiazole rings is 1. The van der Waals surface area contributed by atoms with E-state index in [2.05, 4.69) is 28.8 Å². The maximum Gasteiger partial charge on any atom is 0.329 e. The number of anilines is 1. The fourth-order valence-corrected chi connectivity index (χ4v) is 3.57. The molecule has 1 fully saturated rings. The van der Waals surface area contributed by atoms with E-state index >= 15 is 0 Å². The van der Waals surface area contributed by atoms with Gasteiger partial charge in [-0.05, 0) is 25.3 Å². The van der Waals surface area contributed by atoms with Crippen molar-refractivity contribution in [2.24, 2.45) is 0 Å². The molecule has 0 spiro atoms. The summed E-state index contributed by atoms with van der Waals surface area (Å²) in [5.41, 5.74) is 0.815. The van der Waals surface area contributed by atoms with Crippen molar-refractivity contribution in [1.82, 2.24) is 15.0 Å². The quantitative estimate of drug-likeness (QED) is 0.775. The van der Waals surface area contributed by atoms with Gasteiger partial charge in [0.2, 0.25) is 5.95 Å². The number of hydrogen-bond acceptors (Lipinski definition) is 7. The summed E-state index contributed by atoms with van der Waals surface area (Å²) < 4.78 is 5.52. The van der Waals surface area contributed by atoms with Gasteiger partial charge in [0.05, 0.1) is 10.7 Å². The fraction of sp³-hybridized carbons (Fsp3) is 0.529. The molecule has 0 aromatic carbocycles. The summed E-state index contributed by atoms with van der Waals surface area (Å²) in [4.78, 5) is 27.6. The van der Waals surface area contributed by atoms with Gasteiger partial charge in [-0.15, -0.1) is 11.3 Å². The van der Waals surface area contributed by atoms with Gasteiger partial charge in [0.1, 0.15) is 12.6 Å². The third-order valence-electron chi connectivity index (χ3n) is 4.01. The highest BCUT2D eigenvalue weighted by atomic mass is 32.1. The number of ether oxygens (including phenoxy) is 1. The lowest BCUT2D eigenvalue weighted by Gasteiger charge is -2.33. The lowest BCUT2D eigenvalue weighted by Crippen LogP contribution is -2.46. The number of rotatable bonds is 5. The number of carbonyl (C=O) groups excluding carboxylic acids is 1. The minimum atomic E-state index is -0.315. The highest BCUT2D eigenvalue weighted by Crippen LogP contribution is 2.23. The Morgan fingerprint density at radius 3 is 2.88 bits per heavy atom. The number of piperidine rings is 1. The van der Waals surface area contributed by atoms with E-state index in [0.29, 0.717) is 11.9 Å². The summed E-state index contributed by atoms with van der Waals surface area (Å²) in [5.74, 6) is 0.764. The highest BCUT2D eigenvalue weighted by Gasteiger charge is 2.31. The predicted octanol–water partition coefficient (Wildman–Crippen LogP) is 3.16. The molecule has 3 rings (SSSR count). The molecule has 2 aromatic rings. The van der Waals surface area contributed by atoms with Gasteiger partial charge in [0, 0.05) is 30.2 Å². The van der Waals surface area contributed by atoms with Crippen molar-refractivity contribution in [1.29, 1.82) is 0 Å². The topological polar surface area (TPSA) is 68.2 Å². The van der Waals surface area contributed by atoms with Crippen LogP contribution in [0.2, 0.25) is 0 Å². The molecule has 0 bridgehead atoms. The van der Waals surface area contributed by atoms with Crippen molar-refractivity contribution in [2.45, 2.75) is 51.7 Å². The lowest BCUT2D eigenvalue weighted by molar-refractivity contribution is -0.147. The predicted molar refractivity (Wildman–Crippen MR) is 93.0 cm³/mol. The summed E-state index contributed by atoms with van der Waals surface area (Å²) in [6, 6.07) is 1.46. The van der Waals surface area contributed by atoms with Crippen molar-refractivity contribution in [3.63, 3.8) is 0 Å². The molecule has 0 amide bonds. The van der Waals surface area contributed by atoms with Crippen LogP contribution >= 0.6 is 11.3 Å². The van der Waals surface area contributed by atoms with Crippen LogP contribution in [-0.4, -0.2) is 33.5 Å². The number of nitrogens with zero attached hydrogens (tertiary/aromatic N) is 4. The Kier molecular flexibility index (Phi) is 5.40. The first-order valence-electron chi connectivity index (χ1n) is 8.29. The van der Waals surface area contributed by atoms with Crippen LogP contribution in [0.4, 0.5) is 5.95 Å². The van der Waals surface area contributed by atoms with Crippen molar-refractivity contribution in [2.75, 3.05) is 11.4 Å². The average Bonchev–Trinajstić information content (AvgIpc) is 3.10. The molecule has 24 heavy (non-hydrogen) atoms. The van der Waals surface area contributed by atoms with Gasteiger partial charge in [-0.2, -0.15) is 0 Å². The fourth-order valence-electron chi connectivity index (χ4n) is 2.75. The van der Waals surface area contributed by atoms with E-state index in [4.69, 9.17) is 4.74 Å². The van der Waals surface area contributed by atoms with Crippen LogP contribution in [0.3, 0.4) is 0 Å². The van der Waals surface area contributed by atoms with Gasteiger partial charge in [-0.25, -0.2) is 19.7 Å². The first-order chi connectivity index (χ1) is 11.6. The summed E-state index contributed by atoms with van der Waals surface area (Å²) in [7, 11) is 0. The molecular formula is C17H22N4O2S. The minimum absolute atomic E-state index is 0.221. The normalized spacial score (nSPS) is 18.0. The Morgan fingerprint density at radius 1 is 1.38 bits per heavy atom. The van der Waals surface area contributed by atoms with Gasteiger partial charge in [-0.1, -0.05) is 13.8 Å². The zero-order chi connectivity index (χ0) is 16.9. The van der Waals surface area contributed by atoms with E-state index in [1.807, 2.05) is 10.3 Å². The van der Waals surface area contributed by atoms with Crippen LogP contribution in [0.1, 0.15) is 49.7 Å². The van der Waals surface area contributed by atoms with Crippen LogP contribution in [-0.2, 0) is 16.1 Å². The van der Waals surface area contributed by atoms with E-state index in [-0.39, 0.29) is 18.6 Å². The summed E-state index contributed by atoms with van der Waals surface area (Å²) in [6.07, 6.45) is 6.21. The Labute approximate surface area is 145 Å². The molecule has 128 valence electrons. The number of hydrogen-bond donors (Lipinski definition) is 0. The lowest BCUT2D eigenvalue weighted by atomic mass is 10.0. The Balaban J connectivity index is 1.63. The molecule has 2 aromatic heterocycles. The molecule has 1 saturated heterocycles. The van der Waals surface area contributed by atoms with Crippen molar-refractivity contribution >= 4 is 23.3 Å². The molecule has 1 atom stereocenters. The van der Waals surface area contributed by atoms with E-state index in [0.717, 1.165) is 36.5 Å². The van der Waals surface area contributed by atoms with Crippen LogP contribution in [0.25, 0.3) is 0 Å². The Hall–Kier alpha value is -2.02. The number of esters is 1. The molecule has 6 nitrogen and oxygen atoms in total. The minimum Gasteiger partial charge on any atom is -0.458 e. The maximum atomic E-state index is 12.6. The van der Waals surface area contributed by atoms with Crippen LogP contribution in [0, 0.1) is 0 Å². The molecule has 0 aliphatic carbocycles. The third kappa shape index (κ3) is 3.90. The van der Waals surface area contributed by atoms with Crippen molar-refractivity contribution in [3.8, 4) is 0 Å². The maximum absolute atomic E-state index is 12.6. The Morgan fingerprint density at radius 2 is 2.17 bits per heavy atom. The second-order valence-corrected chi connectivity index (χ2v) is 7.08. The van der Waals surface area contributed by atoms with Crippen LogP contribution < -0.4 is 4.90 Å². The van der Waals surface area contributed by atoms with Gasteiger partial charge >= 0.3 is 5.97 Å². The van der Waals surface area contributed by atoms with E-state index in [1.54, 1.807) is 29.8 Å². The summed E-state index contributed by atoms with van der Waals surface area (Å²) in [5, 5.41) is 3.03. The van der Waals surface area contributed by atoms with Crippen molar-refractivity contribution in [3.05, 3.63) is 34.5 Å². The molecule has 0 N–H and O–H groups in total. The number of carbonyl (C=O) groups is 1. The third-order valence-corrected chi connectivity index (χ3v) is 5.20. The monoisotopic (exact) mass is 346 g/mol. The van der Waals surface area contributed by atoms with Crippen LogP contribution in [0.5, 0.6) is 0 Å². The second kappa shape index (κ2) is 7.70. The summed E-state index contributed by atoms with van der Waals surface area (Å²) >= 11 is 1.61. The second-order valence-electron chi connectivity index (χ2n) is 6.19. The molecule has 1 aliphatic rings. The molecule has 7 heteroatoms. The van der Waals surface area contributed by atoms with Gasteiger partial charge in [0.15, 0.2) is 0 Å². The van der Waals surface area contributed by atoms with Gasteiger partial charge in [-0.3, -0.25) is 0 Å². The first-order valence-corrected chi connectivity index (χ1v) is 9.17. The van der Waals surface area contributed by atoms with E-state index in [1.165, 1.54) is 0 Å².